The van der Waals surface area contributed by atoms with Crippen molar-refractivity contribution >= 4 is 17.4 Å². The van der Waals surface area contributed by atoms with Gasteiger partial charge in [-0.2, -0.15) is 9.61 Å². The molecule has 4 aromatic rings. The summed E-state index contributed by atoms with van der Waals surface area (Å²) in [6, 6.07) is 12.0. The fourth-order valence-electron chi connectivity index (χ4n) is 5.83. The van der Waals surface area contributed by atoms with Crippen molar-refractivity contribution in [1.29, 1.82) is 0 Å². The first-order valence-corrected chi connectivity index (χ1v) is 15.1. The molecule has 5 rings (SSSR count). The van der Waals surface area contributed by atoms with E-state index in [1.807, 2.05) is 32.9 Å². The Hall–Kier alpha value is -4.28. The number of anilines is 1. The molecule has 1 unspecified atom stereocenters. The minimum absolute atomic E-state index is 0.122. The number of hydrogen-bond donors (Lipinski definition) is 2. The molecule has 2 aromatic heterocycles. The molecule has 1 aliphatic heterocycles. The normalized spacial score (nSPS) is 15.8. The molecule has 9 nitrogen and oxygen atoms in total. The predicted octanol–water partition coefficient (Wildman–Crippen LogP) is 7.03. The summed E-state index contributed by atoms with van der Waals surface area (Å²) in [5.74, 6) is -1.15. The first kappa shape index (κ1) is 32.1. The van der Waals surface area contributed by atoms with Crippen LogP contribution in [-0.4, -0.2) is 61.7 Å². The Labute approximate surface area is 262 Å². The van der Waals surface area contributed by atoms with Crippen molar-refractivity contribution in [2.24, 2.45) is 0 Å². The molecule has 238 valence electrons. The van der Waals surface area contributed by atoms with Crippen LogP contribution in [0.4, 0.5) is 10.2 Å². The molecule has 0 amide bonds. The van der Waals surface area contributed by atoms with Gasteiger partial charge in [0.15, 0.2) is 11.8 Å². The fourth-order valence-corrected chi connectivity index (χ4v) is 5.83. The number of phenolic OH excluding ortho intramolecular Hbond substituents is 1. The van der Waals surface area contributed by atoms with Crippen LogP contribution in [0.2, 0.25) is 0 Å². The van der Waals surface area contributed by atoms with Gasteiger partial charge in [-0.25, -0.2) is 14.2 Å². The first-order chi connectivity index (χ1) is 21.2. The summed E-state index contributed by atoms with van der Waals surface area (Å²) in [4.78, 5) is 19.6. The summed E-state index contributed by atoms with van der Waals surface area (Å²) in [5, 5.41) is 25.8. The van der Waals surface area contributed by atoms with Crippen molar-refractivity contribution in [2.45, 2.75) is 71.7 Å². The van der Waals surface area contributed by atoms with Crippen molar-refractivity contribution in [3.8, 4) is 28.1 Å². The van der Waals surface area contributed by atoms with Crippen LogP contribution in [0.3, 0.4) is 0 Å². The van der Waals surface area contributed by atoms with Crippen molar-refractivity contribution in [3.63, 3.8) is 0 Å². The lowest BCUT2D eigenvalue weighted by Crippen LogP contribution is -2.45. The second kappa shape index (κ2) is 12.3. The number of halogens is 1. The monoisotopic (exact) mass is 616 g/mol. The number of carboxylic acid groups (broad SMARTS) is 1. The van der Waals surface area contributed by atoms with Crippen LogP contribution >= 0.6 is 0 Å². The zero-order valence-corrected chi connectivity index (χ0v) is 26.7. The maximum absolute atomic E-state index is 15.1. The molecule has 10 heteroatoms. The standard InChI is InChI=1S/C35H41FN4O5/c1-8-18-44-35(7)14-16-39(17-15-35)32-28(31(33(42)43)45-34(4,5)6)22(3)37-27-20-25(38-40(27)32)23-10-9-11-24(19-23)29-26(41)13-12-21(2)30(29)36/h8-13,19-20,31,41H,1,14-18H2,2-7H3,(H,42,43). The van der Waals surface area contributed by atoms with E-state index in [0.29, 0.717) is 77.6 Å². The van der Waals surface area contributed by atoms with E-state index in [4.69, 9.17) is 19.6 Å². The highest BCUT2D eigenvalue weighted by Gasteiger charge is 2.37. The van der Waals surface area contributed by atoms with E-state index in [9.17, 15) is 15.0 Å². The number of aromatic nitrogens is 3. The number of hydrogen-bond acceptors (Lipinski definition) is 7. The summed E-state index contributed by atoms with van der Waals surface area (Å²) in [6.45, 7) is 16.4. The molecule has 0 aliphatic carbocycles. The Bertz CT molecular complexity index is 1750. The van der Waals surface area contributed by atoms with Gasteiger partial charge in [0.25, 0.3) is 0 Å². The number of benzene rings is 2. The Balaban J connectivity index is 1.66. The van der Waals surface area contributed by atoms with Crippen molar-refractivity contribution < 1.29 is 28.9 Å². The van der Waals surface area contributed by atoms with Gasteiger partial charge in [0.05, 0.1) is 34.6 Å². The highest BCUT2D eigenvalue weighted by molar-refractivity contribution is 5.80. The molecule has 0 spiro atoms. The molecule has 1 aliphatic rings. The Morgan fingerprint density at radius 2 is 1.84 bits per heavy atom. The molecule has 3 heterocycles. The topological polar surface area (TPSA) is 109 Å². The van der Waals surface area contributed by atoms with Gasteiger partial charge in [0.1, 0.15) is 17.4 Å². The van der Waals surface area contributed by atoms with E-state index >= 15 is 4.39 Å². The first-order valence-electron chi connectivity index (χ1n) is 15.1. The molecule has 0 saturated carbocycles. The molecule has 1 atom stereocenters. The van der Waals surface area contributed by atoms with Crippen LogP contribution in [0.15, 0.2) is 55.1 Å². The number of carboxylic acids is 1. The molecule has 2 aromatic carbocycles. The summed E-state index contributed by atoms with van der Waals surface area (Å²) in [7, 11) is 0. The lowest BCUT2D eigenvalue weighted by atomic mass is 9.92. The summed E-state index contributed by atoms with van der Waals surface area (Å²) in [6.07, 6.45) is 1.87. The second-order valence-electron chi connectivity index (χ2n) is 12.9. The van der Waals surface area contributed by atoms with Gasteiger partial charge in [-0.1, -0.05) is 30.3 Å². The van der Waals surface area contributed by atoms with Crippen LogP contribution in [-0.2, 0) is 14.3 Å². The number of piperidine rings is 1. The number of phenols is 1. The number of nitrogens with zero attached hydrogens (tertiary/aromatic N) is 4. The molecule has 1 saturated heterocycles. The molecule has 45 heavy (non-hydrogen) atoms. The number of aryl methyl sites for hydroxylation is 2. The maximum atomic E-state index is 15.1. The zero-order chi connectivity index (χ0) is 32.7. The molecular weight excluding hydrogens is 575 g/mol. The van der Waals surface area contributed by atoms with E-state index in [1.165, 1.54) is 12.1 Å². The average Bonchev–Trinajstić information content (AvgIpc) is 3.40. The van der Waals surface area contributed by atoms with Gasteiger partial charge in [0.2, 0.25) is 0 Å². The van der Waals surface area contributed by atoms with E-state index < -0.39 is 23.5 Å². The lowest BCUT2D eigenvalue weighted by Gasteiger charge is -2.41. The van der Waals surface area contributed by atoms with E-state index in [0.717, 1.165) is 0 Å². The largest absolute Gasteiger partial charge is 0.507 e. The SMILES string of the molecule is C=CCOC1(C)CCN(c2c(C(OC(C)(C)C)C(=O)O)c(C)nc3cc(-c4cccc(-c5c(O)ccc(C)c5F)c4)nn23)CC1. The highest BCUT2D eigenvalue weighted by atomic mass is 19.1. The summed E-state index contributed by atoms with van der Waals surface area (Å²) in [5.41, 5.74) is 2.72. The number of aromatic hydroxyl groups is 1. The third-order valence-corrected chi connectivity index (χ3v) is 8.19. The predicted molar refractivity (Wildman–Crippen MR) is 172 cm³/mol. The third kappa shape index (κ3) is 6.57. The van der Waals surface area contributed by atoms with Crippen molar-refractivity contribution in [2.75, 3.05) is 24.6 Å². The van der Waals surface area contributed by atoms with Crippen LogP contribution in [0.25, 0.3) is 28.0 Å². The molecule has 0 bridgehead atoms. The quantitative estimate of drug-likeness (QED) is 0.193. The highest BCUT2D eigenvalue weighted by Crippen LogP contribution is 2.39. The molecule has 0 radical (unpaired) electrons. The third-order valence-electron chi connectivity index (χ3n) is 8.19. The van der Waals surface area contributed by atoms with Crippen LogP contribution < -0.4 is 4.90 Å². The number of fused-ring (bicyclic) bond motifs is 1. The van der Waals surface area contributed by atoms with Gasteiger partial charge >= 0.3 is 5.97 Å². The van der Waals surface area contributed by atoms with Crippen molar-refractivity contribution in [1.82, 2.24) is 14.6 Å². The molecule has 1 fully saturated rings. The van der Waals surface area contributed by atoms with Crippen molar-refractivity contribution in [3.05, 3.63) is 77.8 Å². The average molecular weight is 617 g/mol. The second-order valence-corrected chi connectivity index (χ2v) is 12.9. The maximum Gasteiger partial charge on any atom is 0.337 e. The summed E-state index contributed by atoms with van der Waals surface area (Å²) < 4.78 is 29.0. The van der Waals surface area contributed by atoms with Gasteiger partial charge in [0, 0.05) is 30.4 Å². The van der Waals surface area contributed by atoms with Crippen LogP contribution in [0.5, 0.6) is 5.75 Å². The van der Waals surface area contributed by atoms with E-state index in [2.05, 4.69) is 18.4 Å². The van der Waals surface area contributed by atoms with Crippen LogP contribution in [0, 0.1) is 19.7 Å². The van der Waals surface area contributed by atoms with Gasteiger partial charge in [-0.15, -0.1) is 6.58 Å². The van der Waals surface area contributed by atoms with E-state index in [-0.39, 0.29) is 16.9 Å². The van der Waals surface area contributed by atoms with Crippen LogP contribution in [0.1, 0.15) is 63.5 Å². The molecule has 2 N–H and O–H groups in total. The van der Waals surface area contributed by atoms with Gasteiger partial charge < -0.3 is 24.6 Å². The Morgan fingerprint density at radius 3 is 2.49 bits per heavy atom. The number of aliphatic carboxylic acids is 1. The lowest BCUT2D eigenvalue weighted by molar-refractivity contribution is -0.160. The minimum Gasteiger partial charge on any atom is -0.507 e. The Kier molecular flexibility index (Phi) is 8.75. The number of carbonyl (C=O) groups is 1. The number of ether oxygens (including phenoxy) is 2. The Morgan fingerprint density at radius 1 is 1.16 bits per heavy atom. The van der Waals surface area contributed by atoms with Gasteiger partial charge in [-0.05, 0) is 77.6 Å². The smallest absolute Gasteiger partial charge is 0.337 e. The van der Waals surface area contributed by atoms with Gasteiger partial charge in [-0.3, -0.25) is 0 Å². The van der Waals surface area contributed by atoms with E-state index in [1.54, 1.807) is 42.6 Å². The summed E-state index contributed by atoms with van der Waals surface area (Å²) >= 11 is 0. The number of rotatable bonds is 9. The zero-order valence-electron chi connectivity index (χ0n) is 26.7. The minimum atomic E-state index is -1.29. The molecular formula is C35H41FN4O5. The fraction of sp³-hybridized carbons (Fsp3) is 0.400.